The standard InChI is InChI=1S/C27H33NO6/c1-27(2,3)34-26(31)28-17-21-14-22(15-21)24(29)33-23(16-19-10-6-4-7-11-19)25(30)32-18-20-12-8-5-9-13-20/h4-13,21-23H,14-18H2,1-3H3,(H,28,31)/t21?,22?,23-/m0/s1. The van der Waals surface area contributed by atoms with Gasteiger partial charge in [-0.25, -0.2) is 9.59 Å². The van der Waals surface area contributed by atoms with E-state index in [9.17, 15) is 14.4 Å². The Morgan fingerprint density at radius 2 is 1.53 bits per heavy atom. The van der Waals surface area contributed by atoms with Crippen LogP contribution in [-0.2, 0) is 36.8 Å². The predicted octanol–water partition coefficient (Wildman–Crippen LogP) is 4.44. The van der Waals surface area contributed by atoms with Gasteiger partial charge in [0.25, 0.3) is 0 Å². The normalized spacial score (nSPS) is 18.2. The van der Waals surface area contributed by atoms with E-state index in [0.29, 0.717) is 19.4 Å². The van der Waals surface area contributed by atoms with Gasteiger partial charge in [-0.05, 0) is 50.7 Å². The SMILES string of the molecule is CC(C)(C)OC(=O)NCC1CC(C(=O)O[C@@H](Cc2ccccc2)C(=O)OCc2ccccc2)C1. The molecule has 1 aliphatic carbocycles. The zero-order valence-corrected chi connectivity index (χ0v) is 20.0. The highest BCUT2D eigenvalue weighted by Gasteiger charge is 2.38. The van der Waals surface area contributed by atoms with Crippen LogP contribution in [0.25, 0.3) is 0 Å². The first kappa shape index (κ1) is 25.3. The van der Waals surface area contributed by atoms with Crippen molar-refractivity contribution < 1.29 is 28.6 Å². The van der Waals surface area contributed by atoms with Gasteiger partial charge in [0.1, 0.15) is 12.2 Å². The van der Waals surface area contributed by atoms with E-state index < -0.39 is 29.7 Å². The van der Waals surface area contributed by atoms with E-state index in [2.05, 4.69) is 5.32 Å². The Balaban J connectivity index is 1.50. The van der Waals surface area contributed by atoms with Gasteiger partial charge in [-0.1, -0.05) is 60.7 Å². The molecule has 1 aliphatic rings. The fourth-order valence-electron chi connectivity index (χ4n) is 3.70. The number of nitrogens with one attached hydrogen (secondary N) is 1. The third-order valence-electron chi connectivity index (χ3n) is 5.51. The second-order valence-corrected chi connectivity index (χ2v) is 9.63. The van der Waals surface area contributed by atoms with Crippen LogP contribution in [-0.4, -0.2) is 36.3 Å². The largest absolute Gasteiger partial charge is 0.458 e. The molecule has 1 amide bonds. The number of esters is 2. The Bertz CT molecular complexity index is 948. The maximum absolute atomic E-state index is 12.8. The maximum atomic E-state index is 12.8. The summed E-state index contributed by atoms with van der Waals surface area (Å²) in [5.74, 6) is -1.11. The summed E-state index contributed by atoms with van der Waals surface area (Å²) in [7, 11) is 0. The van der Waals surface area contributed by atoms with Gasteiger partial charge in [0.05, 0.1) is 5.92 Å². The van der Waals surface area contributed by atoms with Crippen LogP contribution in [0.2, 0.25) is 0 Å². The molecule has 34 heavy (non-hydrogen) atoms. The highest BCUT2D eigenvalue weighted by Crippen LogP contribution is 2.34. The van der Waals surface area contributed by atoms with E-state index in [4.69, 9.17) is 14.2 Å². The first-order chi connectivity index (χ1) is 16.2. The van der Waals surface area contributed by atoms with Crippen LogP contribution in [0.15, 0.2) is 60.7 Å². The van der Waals surface area contributed by atoms with Crippen molar-refractivity contribution in [2.45, 2.75) is 58.3 Å². The van der Waals surface area contributed by atoms with E-state index in [1.54, 1.807) is 20.8 Å². The predicted molar refractivity (Wildman–Crippen MR) is 127 cm³/mol. The Morgan fingerprint density at radius 3 is 2.12 bits per heavy atom. The molecule has 1 atom stereocenters. The Kier molecular flexibility index (Phi) is 8.68. The van der Waals surface area contributed by atoms with Crippen molar-refractivity contribution in [2.24, 2.45) is 11.8 Å². The number of ether oxygens (including phenoxy) is 3. The lowest BCUT2D eigenvalue weighted by molar-refractivity contribution is -0.173. The third kappa shape index (κ3) is 8.21. The van der Waals surface area contributed by atoms with Crippen molar-refractivity contribution in [1.29, 1.82) is 0 Å². The van der Waals surface area contributed by atoms with Crippen LogP contribution in [0.1, 0.15) is 44.7 Å². The highest BCUT2D eigenvalue weighted by molar-refractivity contribution is 5.81. The molecule has 0 heterocycles. The minimum absolute atomic E-state index is 0.115. The number of alkyl carbamates (subject to hydrolysis) is 1. The third-order valence-corrected chi connectivity index (χ3v) is 5.51. The summed E-state index contributed by atoms with van der Waals surface area (Å²) < 4.78 is 16.3. The molecule has 1 fully saturated rings. The van der Waals surface area contributed by atoms with E-state index in [1.807, 2.05) is 60.7 Å². The molecule has 1 saturated carbocycles. The second kappa shape index (κ2) is 11.7. The lowest BCUT2D eigenvalue weighted by atomic mass is 9.75. The topological polar surface area (TPSA) is 90.9 Å². The number of hydrogen-bond donors (Lipinski definition) is 1. The number of hydrogen-bond acceptors (Lipinski definition) is 6. The van der Waals surface area contributed by atoms with Crippen LogP contribution in [0.5, 0.6) is 0 Å². The molecule has 0 aliphatic heterocycles. The summed E-state index contributed by atoms with van der Waals surface area (Å²) in [5, 5.41) is 2.74. The van der Waals surface area contributed by atoms with Gasteiger partial charge >= 0.3 is 18.0 Å². The number of rotatable bonds is 9. The van der Waals surface area contributed by atoms with E-state index in [-0.39, 0.29) is 24.9 Å². The molecule has 0 spiro atoms. The minimum Gasteiger partial charge on any atom is -0.458 e. The van der Waals surface area contributed by atoms with Gasteiger partial charge in [0, 0.05) is 13.0 Å². The second-order valence-electron chi connectivity index (χ2n) is 9.63. The fraction of sp³-hybridized carbons (Fsp3) is 0.444. The molecule has 2 aromatic rings. The van der Waals surface area contributed by atoms with Crippen LogP contribution in [0, 0.1) is 11.8 Å². The van der Waals surface area contributed by atoms with Crippen molar-refractivity contribution in [3.05, 3.63) is 71.8 Å². The molecule has 0 radical (unpaired) electrons. The average molecular weight is 468 g/mol. The van der Waals surface area contributed by atoms with Gasteiger partial charge in [0.15, 0.2) is 0 Å². The molecule has 0 unspecified atom stereocenters. The molecule has 2 aromatic carbocycles. The Labute approximate surface area is 200 Å². The van der Waals surface area contributed by atoms with Crippen LogP contribution in [0.3, 0.4) is 0 Å². The molecule has 182 valence electrons. The van der Waals surface area contributed by atoms with E-state index in [1.165, 1.54) is 0 Å². The highest BCUT2D eigenvalue weighted by atomic mass is 16.6. The van der Waals surface area contributed by atoms with E-state index in [0.717, 1.165) is 11.1 Å². The van der Waals surface area contributed by atoms with Crippen molar-refractivity contribution in [2.75, 3.05) is 6.54 Å². The Morgan fingerprint density at radius 1 is 0.941 bits per heavy atom. The first-order valence-electron chi connectivity index (χ1n) is 11.6. The number of carbonyl (C=O) groups is 3. The van der Waals surface area contributed by atoms with Crippen molar-refractivity contribution in [3.63, 3.8) is 0 Å². The zero-order valence-electron chi connectivity index (χ0n) is 20.0. The zero-order chi connectivity index (χ0) is 24.6. The summed E-state index contributed by atoms with van der Waals surface area (Å²) in [6.45, 7) is 5.96. The van der Waals surface area contributed by atoms with Gasteiger partial charge in [-0.15, -0.1) is 0 Å². The van der Waals surface area contributed by atoms with Gasteiger partial charge in [0.2, 0.25) is 6.10 Å². The van der Waals surface area contributed by atoms with E-state index >= 15 is 0 Å². The molecule has 7 nitrogen and oxygen atoms in total. The van der Waals surface area contributed by atoms with Crippen molar-refractivity contribution in [3.8, 4) is 0 Å². The smallest absolute Gasteiger partial charge is 0.407 e. The molecule has 1 N–H and O–H groups in total. The molecule has 0 aromatic heterocycles. The molecular weight excluding hydrogens is 434 g/mol. The van der Waals surface area contributed by atoms with Gasteiger partial charge < -0.3 is 19.5 Å². The first-order valence-corrected chi connectivity index (χ1v) is 11.6. The monoisotopic (exact) mass is 467 g/mol. The van der Waals surface area contributed by atoms with Gasteiger partial charge in [-0.3, -0.25) is 4.79 Å². The molecule has 7 heteroatoms. The van der Waals surface area contributed by atoms with Crippen LogP contribution >= 0.6 is 0 Å². The molecular formula is C27H33NO6. The minimum atomic E-state index is -1.02. The lowest BCUT2D eigenvalue weighted by Crippen LogP contribution is -2.42. The summed E-state index contributed by atoms with van der Waals surface area (Å²) in [5.41, 5.74) is 1.18. The average Bonchev–Trinajstić information content (AvgIpc) is 2.76. The Hall–Kier alpha value is -3.35. The number of carbonyl (C=O) groups excluding carboxylic acids is 3. The van der Waals surface area contributed by atoms with Crippen molar-refractivity contribution in [1.82, 2.24) is 5.32 Å². The summed E-state index contributed by atoms with van der Waals surface area (Å²) in [6, 6.07) is 18.8. The quantitative estimate of drug-likeness (QED) is 0.433. The molecule has 3 rings (SSSR count). The van der Waals surface area contributed by atoms with Crippen LogP contribution < -0.4 is 5.32 Å². The van der Waals surface area contributed by atoms with Gasteiger partial charge in [-0.2, -0.15) is 0 Å². The maximum Gasteiger partial charge on any atom is 0.407 e. The number of amides is 1. The summed E-state index contributed by atoms with van der Waals surface area (Å²) in [6.07, 6.45) is -0.0613. The lowest BCUT2D eigenvalue weighted by Gasteiger charge is -2.34. The summed E-state index contributed by atoms with van der Waals surface area (Å²) >= 11 is 0. The summed E-state index contributed by atoms with van der Waals surface area (Å²) in [4.78, 5) is 37.3. The number of benzene rings is 2. The molecule has 0 bridgehead atoms. The fourth-order valence-corrected chi connectivity index (χ4v) is 3.70. The van der Waals surface area contributed by atoms with Crippen molar-refractivity contribution >= 4 is 18.0 Å². The molecule has 0 saturated heterocycles. The van der Waals surface area contributed by atoms with Crippen LogP contribution in [0.4, 0.5) is 4.79 Å².